The fourth-order valence-electron chi connectivity index (χ4n) is 0.833. The summed E-state index contributed by atoms with van der Waals surface area (Å²) in [7, 11) is -2.53. The number of hydrogen-bond acceptors (Lipinski definition) is 5. The quantitative estimate of drug-likeness (QED) is 0.732. The largest absolute Gasteiger partial charge is 0.480 e. The van der Waals surface area contributed by atoms with Crippen LogP contribution in [0.25, 0.3) is 0 Å². The number of nitrogens with zero attached hydrogens (tertiary/aromatic N) is 3. The molecule has 0 radical (unpaired) electrons. The highest BCUT2D eigenvalue weighted by Crippen LogP contribution is 2.16. The van der Waals surface area contributed by atoms with Crippen LogP contribution in [0.4, 0.5) is 0 Å². The first kappa shape index (κ1) is 12.1. The van der Waals surface area contributed by atoms with E-state index < -0.39 is 22.5 Å². The van der Waals surface area contributed by atoms with E-state index in [1.165, 1.54) is 7.05 Å². The van der Waals surface area contributed by atoms with Crippen molar-refractivity contribution in [3.8, 4) is 0 Å². The first-order valence-corrected chi connectivity index (χ1v) is 5.89. The van der Waals surface area contributed by atoms with Gasteiger partial charge in [0.05, 0.1) is 0 Å². The van der Waals surface area contributed by atoms with Gasteiger partial charge in [-0.25, -0.2) is 13.1 Å². The van der Waals surface area contributed by atoms with Crippen LogP contribution >= 0.6 is 15.9 Å². The lowest BCUT2D eigenvalue weighted by Crippen LogP contribution is -2.31. The third kappa shape index (κ3) is 2.73. The molecule has 0 amide bonds. The average molecular weight is 299 g/mol. The van der Waals surface area contributed by atoms with Crippen molar-refractivity contribution >= 4 is 31.9 Å². The first-order valence-electron chi connectivity index (χ1n) is 3.61. The predicted octanol–water partition coefficient (Wildman–Crippen LogP) is -1.06. The van der Waals surface area contributed by atoms with Crippen LogP contribution in [0.5, 0.6) is 0 Å². The van der Waals surface area contributed by atoms with Crippen molar-refractivity contribution in [1.82, 2.24) is 19.7 Å². The Hall–Kier alpha value is -1.00. The van der Waals surface area contributed by atoms with Gasteiger partial charge in [0.1, 0.15) is 6.54 Å². The van der Waals surface area contributed by atoms with Crippen molar-refractivity contribution in [2.75, 3.05) is 6.54 Å². The maximum absolute atomic E-state index is 11.5. The van der Waals surface area contributed by atoms with Gasteiger partial charge in [0.2, 0.25) is 5.03 Å². The fourth-order valence-corrected chi connectivity index (χ4v) is 2.90. The standard InChI is InChI=1S/C5H7BrN4O4S/c1-10-5(4(6)8-9-10)15(13,14)7-2-3(11)12/h7H,2H2,1H3,(H,11,12). The molecule has 1 aromatic heterocycles. The zero-order chi connectivity index (χ0) is 11.6. The molecule has 0 aliphatic heterocycles. The number of carbonyl (C=O) groups is 1. The van der Waals surface area contributed by atoms with Gasteiger partial charge >= 0.3 is 5.97 Å². The Labute approximate surface area is 93.5 Å². The lowest BCUT2D eigenvalue weighted by Gasteiger charge is -2.03. The maximum Gasteiger partial charge on any atom is 0.318 e. The van der Waals surface area contributed by atoms with Crippen molar-refractivity contribution in [3.63, 3.8) is 0 Å². The Morgan fingerprint density at radius 3 is 2.67 bits per heavy atom. The van der Waals surface area contributed by atoms with E-state index in [1.54, 1.807) is 0 Å². The van der Waals surface area contributed by atoms with Crippen LogP contribution in [0.2, 0.25) is 0 Å². The summed E-state index contributed by atoms with van der Waals surface area (Å²) in [6.07, 6.45) is 0. The van der Waals surface area contributed by atoms with E-state index in [1.807, 2.05) is 4.72 Å². The Morgan fingerprint density at radius 1 is 1.67 bits per heavy atom. The summed E-state index contributed by atoms with van der Waals surface area (Å²) in [4.78, 5) is 10.2. The minimum absolute atomic E-state index is 0.0305. The van der Waals surface area contributed by atoms with Gasteiger partial charge in [-0.05, 0) is 15.9 Å². The molecule has 84 valence electrons. The third-order valence-electron chi connectivity index (χ3n) is 1.41. The van der Waals surface area contributed by atoms with E-state index in [2.05, 4.69) is 26.2 Å². The van der Waals surface area contributed by atoms with Gasteiger partial charge in [0, 0.05) is 7.05 Å². The Kier molecular flexibility index (Phi) is 3.42. The van der Waals surface area contributed by atoms with Gasteiger partial charge in [0.15, 0.2) is 4.60 Å². The highest BCUT2D eigenvalue weighted by Gasteiger charge is 2.24. The van der Waals surface area contributed by atoms with Crippen LogP contribution < -0.4 is 4.72 Å². The lowest BCUT2D eigenvalue weighted by molar-refractivity contribution is -0.135. The summed E-state index contributed by atoms with van der Waals surface area (Å²) in [6.45, 7) is -0.694. The number of rotatable bonds is 4. The second kappa shape index (κ2) is 4.24. The molecule has 1 aromatic rings. The van der Waals surface area contributed by atoms with Crippen molar-refractivity contribution in [2.24, 2.45) is 7.05 Å². The predicted molar refractivity (Wildman–Crippen MR) is 51.5 cm³/mol. The minimum Gasteiger partial charge on any atom is -0.480 e. The summed E-state index contributed by atoms with van der Waals surface area (Å²) in [6, 6.07) is 0. The van der Waals surface area contributed by atoms with Crippen LogP contribution in [-0.2, 0) is 21.9 Å². The van der Waals surface area contributed by atoms with Gasteiger partial charge in [-0.3, -0.25) is 4.79 Å². The molecule has 0 saturated carbocycles. The topological polar surface area (TPSA) is 114 Å². The highest BCUT2D eigenvalue weighted by molar-refractivity contribution is 9.10. The van der Waals surface area contributed by atoms with Crippen LogP contribution in [0, 0.1) is 0 Å². The third-order valence-corrected chi connectivity index (χ3v) is 3.69. The van der Waals surface area contributed by atoms with Gasteiger partial charge in [0.25, 0.3) is 10.0 Å². The second-order valence-corrected chi connectivity index (χ2v) is 4.96. The van der Waals surface area contributed by atoms with E-state index in [4.69, 9.17) is 5.11 Å². The molecule has 15 heavy (non-hydrogen) atoms. The monoisotopic (exact) mass is 298 g/mol. The van der Waals surface area contributed by atoms with E-state index >= 15 is 0 Å². The SMILES string of the molecule is Cn1nnc(Br)c1S(=O)(=O)NCC(=O)O. The molecule has 0 atom stereocenters. The number of sulfonamides is 1. The zero-order valence-electron chi connectivity index (χ0n) is 7.51. The molecule has 2 N–H and O–H groups in total. The normalized spacial score (nSPS) is 11.6. The number of aryl methyl sites for hydroxylation is 1. The number of carboxylic acid groups (broad SMARTS) is 1. The Bertz CT molecular complexity index is 462. The Morgan fingerprint density at radius 2 is 2.27 bits per heavy atom. The van der Waals surface area contributed by atoms with Crippen molar-refractivity contribution in [2.45, 2.75) is 5.03 Å². The van der Waals surface area contributed by atoms with E-state index in [0.29, 0.717) is 0 Å². The number of halogens is 1. The summed E-state index contributed by atoms with van der Waals surface area (Å²) < 4.78 is 26.0. The molecular formula is C5H7BrN4O4S. The summed E-state index contributed by atoms with van der Waals surface area (Å²) in [5.74, 6) is -1.27. The number of aliphatic carboxylic acids is 1. The van der Waals surface area contributed by atoms with Crippen molar-refractivity contribution in [3.05, 3.63) is 4.60 Å². The molecule has 0 aliphatic carbocycles. The van der Waals surface area contributed by atoms with Gasteiger partial charge < -0.3 is 5.11 Å². The average Bonchev–Trinajstić information content (AvgIpc) is 2.43. The minimum atomic E-state index is -3.91. The van der Waals surface area contributed by atoms with Crippen LogP contribution in [-0.4, -0.2) is 41.0 Å². The maximum atomic E-state index is 11.5. The number of aromatic nitrogens is 3. The smallest absolute Gasteiger partial charge is 0.318 e. The van der Waals surface area contributed by atoms with Gasteiger partial charge in [-0.15, -0.1) is 5.10 Å². The van der Waals surface area contributed by atoms with Gasteiger partial charge in [-0.2, -0.15) is 4.72 Å². The lowest BCUT2D eigenvalue weighted by atomic mass is 10.7. The molecule has 0 aliphatic rings. The molecule has 0 saturated heterocycles. The number of carboxylic acids is 1. The van der Waals surface area contributed by atoms with Crippen LogP contribution in [0.15, 0.2) is 9.63 Å². The van der Waals surface area contributed by atoms with E-state index in [9.17, 15) is 13.2 Å². The van der Waals surface area contributed by atoms with Crippen LogP contribution in [0.1, 0.15) is 0 Å². The molecule has 1 heterocycles. The molecule has 0 bridgehead atoms. The highest BCUT2D eigenvalue weighted by atomic mass is 79.9. The van der Waals surface area contributed by atoms with E-state index in [0.717, 1.165) is 4.68 Å². The molecule has 8 nitrogen and oxygen atoms in total. The molecule has 10 heteroatoms. The summed E-state index contributed by atoms with van der Waals surface area (Å²) in [5.41, 5.74) is 0. The number of hydrogen-bond donors (Lipinski definition) is 2. The first-order chi connectivity index (χ1) is 6.84. The molecule has 0 spiro atoms. The molecule has 0 unspecified atom stereocenters. The fraction of sp³-hybridized carbons (Fsp3) is 0.400. The Balaban J connectivity index is 3.01. The molecule has 0 fully saturated rings. The van der Waals surface area contributed by atoms with Gasteiger partial charge in [-0.1, -0.05) is 5.21 Å². The van der Waals surface area contributed by atoms with Crippen molar-refractivity contribution in [1.29, 1.82) is 0 Å². The second-order valence-electron chi connectivity index (χ2n) is 2.53. The van der Waals surface area contributed by atoms with Crippen LogP contribution in [0.3, 0.4) is 0 Å². The number of nitrogens with one attached hydrogen (secondary N) is 1. The molecular weight excluding hydrogens is 292 g/mol. The molecule has 0 aromatic carbocycles. The summed E-state index contributed by atoms with van der Waals surface area (Å²) >= 11 is 2.90. The summed E-state index contributed by atoms with van der Waals surface area (Å²) in [5, 5.41) is 15.1. The van der Waals surface area contributed by atoms with E-state index in [-0.39, 0.29) is 9.63 Å². The van der Waals surface area contributed by atoms with Crippen molar-refractivity contribution < 1.29 is 18.3 Å². The zero-order valence-corrected chi connectivity index (χ0v) is 9.91. The molecule has 1 rings (SSSR count).